The molecule has 0 bridgehead atoms. The molecule has 1 saturated carbocycles. The summed E-state index contributed by atoms with van der Waals surface area (Å²) in [6, 6.07) is 9.09. The minimum atomic E-state index is -0.477. The SMILES string of the molecule is CC1(CN2C(=O)CNC(=O)C2c2ccccc2)CCC1. The van der Waals surface area contributed by atoms with Gasteiger partial charge in [0.2, 0.25) is 11.8 Å². The van der Waals surface area contributed by atoms with Crippen LogP contribution < -0.4 is 5.32 Å². The lowest BCUT2D eigenvalue weighted by Crippen LogP contribution is -2.56. The maximum Gasteiger partial charge on any atom is 0.247 e. The zero-order chi connectivity index (χ0) is 14.2. The summed E-state index contributed by atoms with van der Waals surface area (Å²) in [4.78, 5) is 26.3. The van der Waals surface area contributed by atoms with Crippen LogP contribution in [0.3, 0.4) is 0 Å². The molecule has 1 N–H and O–H groups in total. The summed E-state index contributed by atoms with van der Waals surface area (Å²) in [6.07, 6.45) is 3.50. The smallest absolute Gasteiger partial charge is 0.247 e. The van der Waals surface area contributed by atoms with Gasteiger partial charge in [-0.15, -0.1) is 0 Å². The zero-order valence-electron chi connectivity index (χ0n) is 11.8. The molecule has 1 aromatic rings. The predicted octanol–water partition coefficient (Wildman–Crippen LogP) is 1.88. The Morgan fingerprint density at radius 2 is 1.95 bits per heavy atom. The van der Waals surface area contributed by atoms with E-state index in [1.807, 2.05) is 30.3 Å². The maximum absolute atomic E-state index is 12.3. The first-order valence-corrected chi connectivity index (χ1v) is 7.21. The molecule has 20 heavy (non-hydrogen) atoms. The Morgan fingerprint density at radius 1 is 1.25 bits per heavy atom. The lowest BCUT2D eigenvalue weighted by Gasteiger charge is -2.45. The molecule has 0 radical (unpaired) electrons. The van der Waals surface area contributed by atoms with Crippen molar-refractivity contribution in [2.75, 3.05) is 13.1 Å². The summed E-state index contributed by atoms with van der Waals surface area (Å²) in [5, 5.41) is 2.70. The second-order valence-electron chi connectivity index (χ2n) is 6.22. The number of piperazine rings is 1. The fraction of sp³-hybridized carbons (Fsp3) is 0.500. The van der Waals surface area contributed by atoms with Crippen LogP contribution in [-0.4, -0.2) is 29.8 Å². The summed E-state index contributed by atoms with van der Waals surface area (Å²) >= 11 is 0. The van der Waals surface area contributed by atoms with Crippen LogP contribution in [-0.2, 0) is 9.59 Å². The average Bonchev–Trinajstić information content (AvgIpc) is 2.42. The molecule has 2 aliphatic rings. The number of nitrogens with one attached hydrogen (secondary N) is 1. The van der Waals surface area contributed by atoms with Crippen LogP contribution in [0.4, 0.5) is 0 Å². The van der Waals surface area contributed by atoms with E-state index in [1.54, 1.807) is 4.90 Å². The molecule has 1 aliphatic carbocycles. The predicted molar refractivity (Wildman–Crippen MR) is 75.9 cm³/mol. The topological polar surface area (TPSA) is 49.4 Å². The van der Waals surface area contributed by atoms with Crippen LogP contribution in [0.5, 0.6) is 0 Å². The van der Waals surface area contributed by atoms with Crippen LogP contribution in [0.1, 0.15) is 37.8 Å². The number of benzene rings is 1. The van der Waals surface area contributed by atoms with Crippen molar-refractivity contribution < 1.29 is 9.59 Å². The minimum absolute atomic E-state index is 0.0200. The highest BCUT2D eigenvalue weighted by Crippen LogP contribution is 2.42. The molecule has 4 nitrogen and oxygen atoms in total. The first-order valence-electron chi connectivity index (χ1n) is 7.21. The molecule has 1 saturated heterocycles. The second-order valence-corrected chi connectivity index (χ2v) is 6.22. The van der Waals surface area contributed by atoms with E-state index in [-0.39, 0.29) is 23.8 Å². The Hall–Kier alpha value is -1.84. The Kier molecular flexibility index (Phi) is 3.24. The van der Waals surface area contributed by atoms with E-state index < -0.39 is 6.04 Å². The molecule has 2 fully saturated rings. The van der Waals surface area contributed by atoms with Crippen molar-refractivity contribution >= 4 is 11.8 Å². The molecule has 0 aromatic heterocycles. The Bertz CT molecular complexity index is 523. The molecule has 0 spiro atoms. The van der Waals surface area contributed by atoms with Crippen LogP contribution in [0.2, 0.25) is 0 Å². The van der Waals surface area contributed by atoms with Gasteiger partial charge in [0.15, 0.2) is 0 Å². The summed E-state index contributed by atoms with van der Waals surface area (Å²) in [5.41, 5.74) is 1.07. The van der Waals surface area contributed by atoms with Crippen LogP contribution in [0.15, 0.2) is 30.3 Å². The van der Waals surface area contributed by atoms with Gasteiger partial charge in [-0.2, -0.15) is 0 Å². The second kappa shape index (κ2) is 4.93. The van der Waals surface area contributed by atoms with Crippen LogP contribution in [0, 0.1) is 5.41 Å². The van der Waals surface area contributed by atoms with Gasteiger partial charge >= 0.3 is 0 Å². The summed E-state index contributed by atoms with van der Waals surface area (Å²) in [6.45, 7) is 3.01. The summed E-state index contributed by atoms with van der Waals surface area (Å²) in [7, 11) is 0. The molecule has 1 aliphatic heterocycles. The van der Waals surface area contributed by atoms with E-state index in [0.29, 0.717) is 6.54 Å². The van der Waals surface area contributed by atoms with E-state index in [9.17, 15) is 9.59 Å². The van der Waals surface area contributed by atoms with Gasteiger partial charge in [-0.3, -0.25) is 9.59 Å². The number of rotatable bonds is 3. The van der Waals surface area contributed by atoms with Crippen molar-refractivity contribution in [3.8, 4) is 0 Å². The number of carbonyl (C=O) groups is 2. The quantitative estimate of drug-likeness (QED) is 0.913. The highest BCUT2D eigenvalue weighted by molar-refractivity contribution is 5.95. The Labute approximate surface area is 119 Å². The normalized spacial score (nSPS) is 25.1. The van der Waals surface area contributed by atoms with Gasteiger partial charge in [-0.25, -0.2) is 0 Å². The van der Waals surface area contributed by atoms with Crippen molar-refractivity contribution in [1.82, 2.24) is 10.2 Å². The maximum atomic E-state index is 12.3. The molecule has 4 heteroatoms. The first-order chi connectivity index (χ1) is 9.59. The van der Waals surface area contributed by atoms with Crippen molar-refractivity contribution in [3.63, 3.8) is 0 Å². The van der Waals surface area contributed by atoms with Gasteiger partial charge in [0.1, 0.15) is 6.04 Å². The fourth-order valence-electron chi connectivity index (χ4n) is 3.14. The van der Waals surface area contributed by atoms with Gasteiger partial charge < -0.3 is 10.2 Å². The monoisotopic (exact) mass is 272 g/mol. The lowest BCUT2D eigenvalue weighted by atomic mass is 9.70. The highest BCUT2D eigenvalue weighted by atomic mass is 16.2. The van der Waals surface area contributed by atoms with E-state index in [0.717, 1.165) is 18.4 Å². The first kappa shape index (κ1) is 13.2. The number of carbonyl (C=O) groups excluding carboxylic acids is 2. The van der Waals surface area contributed by atoms with Gasteiger partial charge in [0.05, 0.1) is 6.54 Å². The summed E-state index contributed by atoms with van der Waals surface area (Å²) in [5.74, 6) is -0.0506. The minimum Gasteiger partial charge on any atom is -0.345 e. The Morgan fingerprint density at radius 3 is 2.55 bits per heavy atom. The third-order valence-electron chi connectivity index (χ3n) is 4.52. The lowest BCUT2D eigenvalue weighted by molar-refractivity contribution is -0.148. The van der Waals surface area contributed by atoms with Crippen LogP contribution >= 0.6 is 0 Å². The van der Waals surface area contributed by atoms with Crippen LogP contribution in [0.25, 0.3) is 0 Å². The molecule has 106 valence electrons. The van der Waals surface area contributed by atoms with Gasteiger partial charge in [-0.05, 0) is 23.8 Å². The van der Waals surface area contributed by atoms with E-state index >= 15 is 0 Å². The van der Waals surface area contributed by atoms with E-state index in [2.05, 4.69) is 12.2 Å². The van der Waals surface area contributed by atoms with Crippen molar-refractivity contribution in [1.29, 1.82) is 0 Å². The van der Waals surface area contributed by atoms with Gasteiger partial charge in [0.25, 0.3) is 0 Å². The van der Waals surface area contributed by atoms with Gasteiger partial charge in [-0.1, -0.05) is 43.7 Å². The number of hydrogen-bond donors (Lipinski definition) is 1. The molecule has 2 amide bonds. The molecule has 3 rings (SSSR count). The van der Waals surface area contributed by atoms with E-state index in [4.69, 9.17) is 0 Å². The average molecular weight is 272 g/mol. The van der Waals surface area contributed by atoms with Crippen molar-refractivity contribution in [2.45, 2.75) is 32.2 Å². The van der Waals surface area contributed by atoms with E-state index in [1.165, 1.54) is 6.42 Å². The molecular formula is C16H20N2O2. The van der Waals surface area contributed by atoms with Crippen molar-refractivity contribution in [2.24, 2.45) is 5.41 Å². The fourth-order valence-corrected chi connectivity index (χ4v) is 3.14. The third kappa shape index (κ3) is 2.30. The molecule has 1 aromatic carbocycles. The third-order valence-corrected chi connectivity index (χ3v) is 4.52. The summed E-state index contributed by atoms with van der Waals surface area (Å²) < 4.78 is 0. The standard InChI is InChI=1S/C16H20N2O2/c1-16(8-5-9-16)11-18-13(19)10-17-15(20)14(18)12-6-3-2-4-7-12/h2-4,6-7,14H,5,8-11H2,1H3,(H,17,20). The van der Waals surface area contributed by atoms with Crippen molar-refractivity contribution in [3.05, 3.63) is 35.9 Å². The largest absolute Gasteiger partial charge is 0.345 e. The number of hydrogen-bond acceptors (Lipinski definition) is 2. The molecule has 1 unspecified atom stereocenters. The Balaban J connectivity index is 1.89. The van der Waals surface area contributed by atoms with Gasteiger partial charge in [0, 0.05) is 6.54 Å². The number of amides is 2. The zero-order valence-corrected chi connectivity index (χ0v) is 11.8. The highest BCUT2D eigenvalue weighted by Gasteiger charge is 2.41. The molecule has 1 heterocycles. The molecule has 1 atom stereocenters. The molecular weight excluding hydrogens is 252 g/mol. The number of nitrogens with zero attached hydrogens (tertiary/aromatic N) is 1.